The Morgan fingerprint density at radius 3 is 2.52 bits per heavy atom. The summed E-state index contributed by atoms with van der Waals surface area (Å²) in [6.07, 6.45) is 5.60. The molecule has 3 rings (SSSR count). The number of carboxylic acids is 1. The predicted molar refractivity (Wildman–Crippen MR) is 97.4 cm³/mol. The topological polar surface area (TPSA) is 90.5 Å². The molecule has 4 N–H and O–H groups in total. The molecule has 2 atom stereocenters. The first-order valence-electron chi connectivity index (χ1n) is 8.49. The molecule has 1 aliphatic heterocycles. The fourth-order valence-electron chi connectivity index (χ4n) is 3.58. The molecular formula is C17H21Cl2N3O3. The highest BCUT2D eigenvalue weighted by molar-refractivity contribution is 6.35. The summed E-state index contributed by atoms with van der Waals surface area (Å²) in [6, 6.07) is 1.79. The molecule has 0 spiro atoms. The highest BCUT2D eigenvalue weighted by atomic mass is 35.5. The number of fused-ring (bicyclic) bond motifs is 1. The predicted octanol–water partition coefficient (Wildman–Crippen LogP) is 3.94. The van der Waals surface area contributed by atoms with Gasteiger partial charge >= 0.3 is 12.0 Å². The molecule has 136 valence electrons. The lowest BCUT2D eigenvalue weighted by atomic mass is 9.92. The van der Waals surface area contributed by atoms with Crippen molar-refractivity contribution in [2.24, 2.45) is 0 Å². The first-order chi connectivity index (χ1) is 11.9. The maximum Gasteiger partial charge on any atom is 0.326 e. The van der Waals surface area contributed by atoms with Gasteiger partial charge in [0.2, 0.25) is 0 Å². The van der Waals surface area contributed by atoms with Crippen molar-refractivity contribution >= 4 is 40.9 Å². The first-order valence-corrected chi connectivity index (χ1v) is 9.25. The first kappa shape index (κ1) is 18.1. The van der Waals surface area contributed by atoms with E-state index in [9.17, 15) is 14.7 Å². The van der Waals surface area contributed by atoms with Crippen LogP contribution in [-0.2, 0) is 4.79 Å². The summed E-state index contributed by atoms with van der Waals surface area (Å²) in [5, 5.41) is 19.0. The van der Waals surface area contributed by atoms with Gasteiger partial charge < -0.3 is 21.1 Å². The number of rotatable bonds is 3. The van der Waals surface area contributed by atoms with E-state index in [0.29, 0.717) is 21.3 Å². The Bertz CT molecular complexity index is 677. The maximum atomic E-state index is 12.4. The zero-order chi connectivity index (χ0) is 18.0. The van der Waals surface area contributed by atoms with Gasteiger partial charge in [0.1, 0.15) is 6.04 Å². The summed E-state index contributed by atoms with van der Waals surface area (Å²) >= 11 is 12.3. The average Bonchev–Trinajstić information content (AvgIpc) is 2.54. The summed E-state index contributed by atoms with van der Waals surface area (Å²) in [5.41, 5.74) is 1.21. The normalized spacial score (nSPS) is 23.3. The molecule has 0 unspecified atom stereocenters. The molecule has 8 heteroatoms. The molecule has 1 saturated carbocycles. The molecule has 0 bridgehead atoms. The molecule has 25 heavy (non-hydrogen) atoms. The number of anilines is 1. The van der Waals surface area contributed by atoms with Gasteiger partial charge in [-0.2, -0.15) is 0 Å². The van der Waals surface area contributed by atoms with Gasteiger partial charge in [0, 0.05) is 33.8 Å². The summed E-state index contributed by atoms with van der Waals surface area (Å²) in [5.74, 6) is -0.985. The fourth-order valence-corrected chi connectivity index (χ4v) is 4.21. The zero-order valence-electron chi connectivity index (χ0n) is 13.6. The molecule has 2 amide bonds. The minimum absolute atomic E-state index is 0.172. The molecule has 1 fully saturated rings. The van der Waals surface area contributed by atoms with E-state index in [1.165, 1.54) is 6.42 Å². The molecule has 2 aliphatic rings. The van der Waals surface area contributed by atoms with Crippen LogP contribution in [0.25, 0.3) is 0 Å². The third kappa shape index (κ3) is 4.30. The van der Waals surface area contributed by atoms with Gasteiger partial charge in [-0.1, -0.05) is 42.5 Å². The largest absolute Gasteiger partial charge is 0.480 e. The number of carboxylic acid groups (broad SMARTS) is 1. The van der Waals surface area contributed by atoms with E-state index >= 15 is 0 Å². The summed E-state index contributed by atoms with van der Waals surface area (Å²) < 4.78 is 0. The maximum absolute atomic E-state index is 12.4. The third-order valence-corrected chi connectivity index (χ3v) is 5.32. The molecule has 1 aromatic carbocycles. The van der Waals surface area contributed by atoms with Crippen molar-refractivity contribution in [1.29, 1.82) is 0 Å². The Labute approximate surface area is 156 Å². The van der Waals surface area contributed by atoms with Crippen LogP contribution in [0.2, 0.25) is 10.0 Å². The van der Waals surface area contributed by atoms with Gasteiger partial charge in [0.25, 0.3) is 0 Å². The third-order valence-electron chi connectivity index (χ3n) is 4.79. The Hall–Kier alpha value is -1.66. The minimum Gasteiger partial charge on any atom is -0.480 e. The Balaban J connectivity index is 1.77. The molecular weight excluding hydrogens is 365 g/mol. The van der Waals surface area contributed by atoms with Crippen molar-refractivity contribution in [3.05, 3.63) is 27.7 Å². The Morgan fingerprint density at radius 1 is 1.12 bits per heavy atom. The second-order valence-electron chi connectivity index (χ2n) is 6.63. The monoisotopic (exact) mass is 385 g/mol. The molecule has 0 saturated heterocycles. The number of nitrogens with one attached hydrogen (secondary N) is 3. The number of hydrogen-bond donors (Lipinski definition) is 4. The van der Waals surface area contributed by atoms with Crippen LogP contribution in [0.4, 0.5) is 10.5 Å². The smallest absolute Gasteiger partial charge is 0.326 e. The van der Waals surface area contributed by atoms with Crippen LogP contribution < -0.4 is 16.0 Å². The fraction of sp³-hybridized carbons (Fsp3) is 0.529. The van der Waals surface area contributed by atoms with Crippen molar-refractivity contribution in [1.82, 2.24) is 10.6 Å². The Morgan fingerprint density at radius 2 is 1.84 bits per heavy atom. The van der Waals surface area contributed by atoms with Crippen molar-refractivity contribution in [3.63, 3.8) is 0 Å². The van der Waals surface area contributed by atoms with E-state index < -0.39 is 18.1 Å². The number of carbonyl (C=O) groups is 2. The quantitative estimate of drug-likeness (QED) is 0.634. The lowest BCUT2D eigenvalue weighted by Gasteiger charge is -2.33. The highest BCUT2D eigenvalue weighted by Gasteiger charge is 2.33. The average molecular weight is 386 g/mol. The van der Waals surface area contributed by atoms with Gasteiger partial charge in [-0.15, -0.1) is 0 Å². The Kier molecular flexibility index (Phi) is 5.59. The van der Waals surface area contributed by atoms with Gasteiger partial charge in [-0.3, -0.25) is 0 Å². The van der Waals surface area contributed by atoms with E-state index in [1.54, 1.807) is 12.1 Å². The van der Waals surface area contributed by atoms with E-state index in [0.717, 1.165) is 25.7 Å². The van der Waals surface area contributed by atoms with Crippen LogP contribution in [0.3, 0.4) is 0 Å². The summed E-state index contributed by atoms with van der Waals surface area (Å²) in [7, 11) is 0. The van der Waals surface area contributed by atoms with Gasteiger partial charge in [-0.25, -0.2) is 9.59 Å². The number of halogens is 2. The van der Waals surface area contributed by atoms with Crippen molar-refractivity contribution in [2.45, 2.75) is 56.7 Å². The van der Waals surface area contributed by atoms with Crippen LogP contribution in [0.5, 0.6) is 0 Å². The number of amides is 2. The molecule has 1 heterocycles. The van der Waals surface area contributed by atoms with Crippen molar-refractivity contribution < 1.29 is 14.7 Å². The van der Waals surface area contributed by atoms with E-state index in [4.69, 9.17) is 23.2 Å². The number of urea groups is 1. The molecule has 0 radical (unpaired) electrons. The van der Waals surface area contributed by atoms with Crippen molar-refractivity contribution in [3.8, 4) is 0 Å². The van der Waals surface area contributed by atoms with E-state index in [2.05, 4.69) is 16.0 Å². The van der Waals surface area contributed by atoms with Crippen LogP contribution in [0.1, 0.15) is 50.1 Å². The minimum atomic E-state index is -0.985. The van der Waals surface area contributed by atoms with E-state index in [1.807, 2.05) is 0 Å². The SMILES string of the molecule is O=C(NC1CCCCC1)N[C@H]1C[C@H](C(=O)O)Nc2cc(Cl)cc(Cl)c21. The molecule has 1 aliphatic carbocycles. The lowest BCUT2D eigenvalue weighted by Crippen LogP contribution is -2.47. The summed E-state index contributed by atoms with van der Waals surface area (Å²) in [6.45, 7) is 0. The second-order valence-corrected chi connectivity index (χ2v) is 7.47. The standard InChI is InChI=1S/C17H21Cl2N3O3/c18-9-6-11(19)15-12(7-9)21-14(16(23)24)8-13(15)22-17(25)20-10-4-2-1-3-5-10/h6-7,10,13-14,21H,1-5,8H2,(H,23,24)(H2,20,22,25)/t13-,14+/m0/s1. The van der Waals surface area contributed by atoms with Gasteiger partial charge in [0.05, 0.1) is 6.04 Å². The highest BCUT2D eigenvalue weighted by Crippen LogP contribution is 2.39. The van der Waals surface area contributed by atoms with Crippen LogP contribution in [0, 0.1) is 0 Å². The van der Waals surface area contributed by atoms with Crippen LogP contribution >= 0.6 is 23.2 Å². The number of aliphatic carboxylic acids is 1. The molecule has 1 aromatic rings. The van der Waals surface area contributed by atoms with Crippen LogP contribution in [-0.4, -0.2) is 29.2 Å². The van der Waals surface area contributed by atoms with Crippen molar-refractivity contribution in [2.75, 3.05) is 5.32 Å². The van der Waals surface area contributed by atoms with Gasteiger partial charge in [-0.05, 0) is 25.0 Å². The van der Waals surface area contributed by atoms with Crippen LogP contribution in [0.15, 0.2) is 12.1 Å². The lowest BCUT2D eigenvalue weighted by molar-refractivity contribution is -0.138. The zero-order valence-corrected chi connectivity index (χ0v) is 15.2. The summed E-state index contributed by atoms with van der Waals surface area (Å²) in [4.78, 5) is 23.8. The number of carbonyl (C=O) groups excluding carboxylic acids is 1. The molecule has 6 nitrogen and oxygen atoms in total. The number of hydrogen-bond acceptors (Lipinski definition) is 3. The van der Waals surface area contributed by atoms with E-state index in [-0.39, 0.29) is 18.5 Å². The number of benzene rings is 1. The molecule has 0 aromatic heterocycles. The second kappa shape index (κ2) is 7.70. The van der Waals surface area contributed by atoms with Gasteiger partial charge in [0.15, 0.2) is 0 Å².